The van der Waals surface area contributed by atoms with Crippen LogP contribution in [0.4, 0.5) is 5.82 Å². The van der Waals surface area contributed by atoms with E-state index in [2.05, 4.69) is 37.6 Å². The molecule has 1 rings (SSSR count). The summed E-state index contributed by atoms with van der Waals surface area (Å²) in [5.74, 6) is 2.43. The highest BCUT2D eigenvalue weighted by Gasteiger charge is 2.10. The van der Waals surface area contributed by atoms with Crippen molar-refractivity contribution in [3.05, 3.63) is 23.9 Å². The van der Waals surface area contributed by atoms with Gasteiger partial charge in [0.05, 0.1) is 0 Å². The van der Waals surface area contributed by atoms with Crippen LogP contribution in [0.15, 0.2) is 18.3 Å². The zero-order chi connectivity index (χ0) is 15.1. The summed E-state index contributed by atoms with van der Waals surface area (Å²) in [6.07, 6.45) is 4.01. The Morgan fingerprint density at radius 1 is 1.10 bits per heavy atom. The summed E-state index contributed by atoms with van der Waals surface area (Å²) in [6, 6.07) is 3.85. The van der Waals surface area contributed by atoms with Gasteiger partial charge in [-0.05, 0) is 43.7 Å². The number of ketones is 1. The van der Waals surface area contributed by atoms with Crippen LogP contribution in [0.25, 0.3) is 0 Å². The largest absolute Gasteiger partial charge is 0.357 e. The second-order valence-corrected chi connectivity index (χ2v) is 6.31. The van der Waals surface area contributed by atoms with Crippen molar-refractivity contribution in [1.29, 1.82) is 0 Å². The van der Waals surface area contributed by atoms with Crippen LogP contribution in [0.5, 0.6) is 0 Å². The van der Waals surface area contributed by atoms with Gasteiger partial charge in [-0.2, -0.15) is 0 Å². The predicted octanol–water partition coefficient (Wildman–Crippen LogP) is 4.18. The third-order valence-electron chi connectivity index (χ3n) is 3.43. The maximum atomic E-state index is 11.3. The second kappa shape index (κ2) is 8.03. The van der Waals surface area contributed by atoms with Gasteiger partial charge in [0.15, 0.2) is 5.78 Å². The van der Waals surface area contributed by atoms with Gasteiger partial charge in [0.25, 0.3) is 0 Å². The van der Waals surface area contributed by atoms with E-state index in [9.17, 15) is 4.79 Å². The molecule has 1 heterocycles. The molecule has 0 aliphatic carbocycles. The zero-order valence-corrected chi connectivity index (χ0v) is 13.5. The minimum atomic E-state index is 0.0694. The van der Waals surface area contributed by atoms with Crippen molar-refractivity contribution in [2.45, 2.75) is 47.5 Å². The fraction of sp³-hybridized carbons (Fsp3) is 0.647. The van der Waals surface area contributed by atoms with Crippen molar-refractivity contribution >= 4 is 11.6 Å². The van der Waals surface area contributed by atoms with Crippen LogP contribution in [-0.4, -0.2) is 23.9 Å². The molecule has 0 aromatic carbocycles. The Hall–Kier alpha value is -1.38. The molecule has 0 spiro atoms. The molecule has 3 nitrogen and oxygen atoms in total. The van der Waals surface area contributed by atoms with Crippen LogP contribution >= 0.6 is 0 Å². The highest BCUT2D eigenvalue weighted by Crippen LogP contribution is 2.16. The monoisotopic (exact) mass is 276 g/mol. The molecule has 0 unspecified atom stereocenters. The molecule has 0 fully saturated rings. The average molecular weight is 276 g/mol. The van der Waals surface area contributed by atoms with E-state index >= 15 is 0 Å². The number of carbonyl (C=O) groups excluding carboxylic acids is 1. The Morgan fingerprint density at radius 3 is 2.00 bits per heavy atom. The van der Waals surface area contributed by atoms with Gasteiger partial charge in [-0.25, -0.2) is 4.98 Å². The fourth-order valence-corrected chi connectivity index (χ4v) is 1.95. The minimum Gasteiger partial charge on any atom is -0.357 e. The van der Waals surface area contributed by atoms with Gasteiger partial charge < -0.3 is 4.90 Å². The molecule has 0 saturated carbocycles. The van der Waals surface area contributed by atoms with E-state index in [1.165, 1.54) is 0 Å². The second-order valence-electron chi connectivity index (χ2n) is 6.31. The number of carbonyl (C=O) groups is 1. The molecule has 1 aromatic rings. The number of rotatable bonds is 8. The van der Waals surface area contributed by atoms with Gasteiger partial charge in [-0.1, -0.05) is 27.7 Å². The number of nitrogens with zero attached hydrogens (tertiary/aromatic N) is 2. The molecule has 0 radical (unpaired) electrons. The summed E-state index contributed by atoms with van der Waals surface area (Å²) in [6.45, 7) is 12.6. The molecule has 0 bridgehead atoms. The normalized spacial score (nSPS) is 11.2. The topological polar surface area (TPSA) is 33.2 Å². The summed E-state index contributed by atoms with van der Waals surface area (Å²) in [4.78, 5) is 18.1. The van der Waals surface area contributed by atoms with E-state index in [0.717, 1.165) is 31.7 Å². The molecule has 0 aliphatic rings. The van der Waals surface area contributed by atoms with Crippen LogP contribution < -0.4 is 4.90 Å². The van der Waals surface area contributed by atoms with E-state index in [4.69, 9.17) is 0 Å². The lowest BCUT2D eigenvalue weighted by Crippen LogP contribution is -2.28. The summed E-state index contributed by atoms with van der Waals surface area (Å²) < 4.78 is 0. The molecular formula is C17H28N2O. The molecule has 3 heteroatoms. The van der Waals surface area contributed by atoms with Crippen molar-refractivity contribution in [2.75, 3.05) is 18.0 Å². The standard InChI is InChI=1S/C17H28N2O/c1-13(2)8-10-19(11-9-14(3)4)17-7-6-16(12-18-17)15(5)20/h6-7,12-14H,8-11H2,1-5H3. The van der Waals surface area contributed by atoms with Gasteiger partial charge in [0.2, 0.25) is 0 Å². The lowest BCUT2D eigenvalue weighted by molar-refractivity contribution is 0.101. The van der Waals surface area contributed by atoms with E-state index in [1.807, 2.05) is 12.1 Å². The van der Waals surface area contributed by atoms with E-state index in [1.54, 1.807) is 13.1 Å². The van der Waals surface area contributed by atoms with E-state index in [0.29, 0.717) is 17.4 Å². The van der Waals surface area contributed by atoms with Crippen LogP contribution in [0.3, 0.4) is 0 Å². The number of pyridine rings is 1. The molecule has 1 aromatic heterocycles. The van der Waals surface area contributed by atoms with Crippen molar-refractivity contribution < 1.29 is 4.79 Å². The first-order valence-electron chi connectivity index (χ1n) is 7.62. The molecule has 0 aliphatic heterocycles. The van der Waals surface area contributed by atoms with Crippen LogP contribution in [0, 0.1) is 11.8 Å². The van der Waals surface area contributed by atoms with E-state index in [-0.39, 0.29) is 5.78 Å². The summed E-state index contributed by atoms with van der Waals surface area (Å²) in [7, 11) is 0. The predicted molar refractivity (Wildman–Crippen MR) is 85.4 cm³/mol. The Bertz CT molecular complexity index is 398. The van der Waals surface area contributed by atoms with Crippen molar-refractivity contribution in [3.63, 3.8) is 0 Å². The van der Waals surface area contributed by atoms with Crippen molar-refractivity contribution in [3.8, 4) is 0 Å². The number of anilines is 1. The molecule has 0 saturated heterocycles. The maximum absolute atomic E-state index is 11.3. The van der Waals surface area contributed by atoms with Gasteiger partial charge >= 0.3 is 0 Å². The zero-order valence-electron chi connectivity index (χ0n) is 13.5. The van der Waals surface area contributed by atoms with Gasteiger partial charge in [0, 0.05) is 24.8 Å². The molecule has 0 amide bonds. The first kappa shape index (κ1) is 16.7. The Morgan fingerprint density at radius 2 is 1.65 bits per heavy atom. The third kappa shape index (κ3) is 5.72. The summed E-state index contributed by atoms with van der Waals surface area (Å²) in [5.41, 5.74) is 0.682. The lowest BCUT2D eigenvalue weighted by Gasteiger charge is -2.25. The molecule has 0 atom stereocenters. The number of hydrogen-bond acceptors (Lipinski definition) is 3. The molecule has 112 valence electrons. The summed E-state index contributed by atoms with van der Waals surface area (Å²) in [5, 5.41) is 0. The van der Waals surface area contributed by atoms with Crippen molar-refractivity contribution in [2.24, 2.45) is 11.8 Å². The van der Waals surface area contributed by atoms with Gasteiger partial charge in [-0.15, -0.1) is 0 Å². The minimum absolute atomic E-state index is 0.0694. The Kier molecular flexibility index (Phi) is 6.69. The highest BCUT2D eigenvalue weighted by atomic mass is 16.1. The quantitative estimate of drug-likeness (QED) is 0.668. The smallest absolute Gasteiger partial charge is 0.161 e. The van der Waals surface area contributed by atoms with Crippen LogP contribution in [0.1, 0.15) is 57.8 Å². The molecular weight excluding hydrogens is 248 g/mol. The van der Waals surface area contributed by atoms with Gasteiger partial charge in [0.1, 0.15) is 5.82 Å². The van der Waals surface area contributed by atoms with Crippen molar-refractivity contribution in [1.82, 2.24) is 4.98 Å². The van der Waals surface area contributed by atoms with Gasteiger partial charge in [-0.3, -0.25) is 4.79 Å². The summed E-state index contributed by atoms with van der Waals surface area (Å²) >= 11 is 0. The maximum Gasteiger partial charge on any atom is 0.161 e. The lowest BCUT2D eigenvalue weighted by atomic mass is 10.1. The Labute approximate surface area is 123 Å². The molecule has 20 heavy (non-hydrogen) atoms. The number of Topliss-reactive ketones (excluding diaryl/α,β-unsaturated/α-hetero) is 1. The first-order chi connectivity index (χ1) is 9.40. The average Bonchev–Trinajstić information content (AvgIpc) is 2.38. The van der Waals surface area contributed by atoms with Crippen LogP contribution in [0.2, 0.25) is 0 Å². The molecule has 0 N–H and O–H groups in total. The third-order valence-corrected chi connectivity index (χ3v) is 3.43. The SMILES string of the molecule is CC(=O)c1ccc(N(CCC(C)C)CCC(C)C)nc1. The van der Waals surface area contributed by atoms with E-state index < -0.39 is 0 Å². The Balaban J connectivity index is 2.76. The highest BCUT2D eigenvalue weighted by molar-refractivity contribution is 5.93. The fourth-order valence-electron chi connectivity index (χ4n) is 1.95. The number of aromatic nitrogens is 1. The first-order valence-corrected chi connectivity index (χ1v) is 7.62. The number of hydrogen-bond donors (Lipinski definition) is 0. The van der Waals surface area contributed by atoms with Crippen LogP contribution in [-0.2, 0) is 0 Å².